The fraction of sp³-hybridized carbons (Fsp3) is 0.333. The molecule has 82 valence electrons. The molecule has 0 aromatic carbocycles. The van der Waals surface area contributed by atoms with Gasteiger partial charge in [0.25, 0.3) is 0 Å². The number of nitrogens with one attached hydrogen (secondary N) is 1. The van der Waals surface area contributed by atoms with Crippen LogP contribution in [0.25, 0.3) is 0 Å². The lowest BCUT2D eigenvalue weighted by atomic mass is 10.2. The van der Waals surface area contributed by atoms with E-state index in [4.69, 9.17) is 17.6 Å². The second-order valence-electron chi connectivity index (χ2n) is 2.28. The molecule has 1 heterocycles. The monoisotopic (exact) mass is 225 g/mol. The molecule has 14 heavy (non-hydrogen) atoms. The Balaban J connectivity index is 0. The van der Waals surface area contributed by atoms with E-state index in [1.165, 1.54) is 6.33 Å². The zero-order valence-electron chi connectivity index (χ0n) is 7.16. The zero-order valence-corrected chi connectivity index (χ0v) is 7.91. The lowest BCUT2D eigenvalue weighted by Gasteiger charge is -2.04. The van der Waals surface area contributed by atoms with Gasteiger partial charge in [0.1, 0.15) is 17.9 Å². The predicted octanol–water partition coefficient (Wildman–Crippen LogP) is -1.67. The maximum atomic E-state index is 10.7. The van der Waals surface area contributed by atoms with Crippen molar-refractivity contribution in [1.82, 2.24) is 9.97 Å². The van der Waals surface area contributed by atoms with Crippen LogP contribution >= 0.6 is 11.9 Å². The van der Waals surface area contributed by atoms with E-state index in [1.807, 2.05) is 0 Å². The second-order valence-corrected chi connectivity index (χ2v) is 2.44. The highest BCUT2D eigenvalue weighted by atomic mass is 35.5. The number of imidazole rings is 1. The van der Waals surface area contributed by atoms with Crippen LogP contribution < -0.4 is 5.73 Å². The molecule has 8 heteroatoms. The van der Waals surface area contributed by atoms with Gasteiger partial charge in [-0.1, -0.05) is 0 Å². The fourth-order valence-corrected chi connectivity index (χ4v) is 0.888. The van der Waals surface area contributed by atoms with Crippen LogP contribution in [0.5, 0.6) is 0 Å². The highest BCUT2D eigenvalue weighted by molar-refractivity contribution is 6.13. The predicted molar refractivity (Wildman–Crippen MR) is 49.4 cm³/mol. The number of carbonyl (C=O) groups is 1. The summed E-state index contributed by atoms with van der Waals surface area (Å²) >= 11 is 4.83. The van der Waals surface area contributed by atoms with Gasteiger partial charge < -0.3 is 26.0 Å². The quantitative estimate of drug-likeness (QED) is 0.633. The number of hydrogen-bond donors (Lipinski definition) is 2. The molecule has 0 saturated carbocycles. The van der Waals surface area contributed by atoms with Gasteiger partial charge in [0.15, 0.2) is 0 Å². The topological polar surface area (TPSA) is 144 Å². The highest BCUT2D eigenvalue weighted by Gasteiger charge is 2.15. The van der Waals surface area contributed by atoms with E-state index in [9.17, 15) is 4.79 Å². The van der Waals surface area contributed by atoms with E-state index in [1.54, 1.807) is 6.20 Å². The Morgan fingerprint density at radius 1 is 1.71 bits per heavy atom. The molecule has 0 unspecified atom stereocenters. The van der Waals surface area contributed by atoms with Crippen molar-refractivity contribution in [2.45, 2.75) is 12.5 Å². The van der Waals surface area contributed by atoms with E-state index in [0.29, 0.717) is 6.42 Å². The van der Waals surface area contributed by atoms with E-state index in [0.717, 1.165) is 5.69 Å². The van der Waals surface area contributed by atoms with Crippen molar-refractivity contribution < 1.29 is 20.0 Å². The summed E-state index contributed by atoms with van der Waals surface area (Å²) in [6, 6.07) is -0.747. The molecule has 0 spiro atoms. The second kappa shape index (κ2) is 7.27. The van der Waals surface area contributed by atoms with Crippen molar-refractivity contribution in [3.05, 3.63) is 18.2 Å². The average molecular weight is 226 g/mol. The molecular weight excluding hydrogens is 214 g/mol. The van der Waals surface area contributed by atoms with Crippen LogP contribution in [-0.4, -0.2) is 32.9 Å². The first-order valence-corrected chi connectivity index (χ1v) is 3.60. The SMILES string of the molecule is N[C@@H](Cc1cnc[nH]1)C(=O)OCl.O.O. The Labute approximate surface area is 85.0 Å². The molecule has 0 aliphatic rings. The number of nitrogens with zero attached hydrogens (tertiary/aromatic N) is 1. The summed E-state index contributed by atoms with van der Waals surface area (Å²) in [5.41, 5.74) is 6.18. The molecule has 0 aliphatic heterocycles. The number of halogens is 1. The van der Waals surface area contributed by atoms with Crippen molar-refractivity contribution >= 4 is 17.8 Å². The minimum Gasteiger partial charge on any atom is -0.412 e. The van der Waals surface area contributed by atoms with Crippen molar-refractivity contribution in [3.63, 3.8) is 0 Å². The number of carbonyl (C=O) groups excluding carboxylic acids is 1. The third-order valence-electron chi connectivity index (χ3n) is 1.37. The number of hydrogen-bond acceptors (Lipinski definition) is 4. The van der Waals surface area contributed by atoms with Gasteiger partial charge in [-0.2, -0.15) is 0 Å². The first kappa shape index (κ1) is 15.3. The molecule has 1 aromatic heterocycles. The number of H-pyrrole nitrogens is 1. The van der Waals surface area contributed by atoms with Crippen LogP contribution in [0.4, 0.5) is 0 Å². The molecule has 7 N–H and O–H groups in total. The Kier molecular flexibility index (Phi) is 7.96. The summed E-state index contributed by atoms with van der Waals surface area (Å²) < 4.78 is 3.93. The molecule has 0 saturated heterocycles. The first-order valence-electron chi connectivity index (χ1n) is 3.29. The summed E-state index contributed by atoms with van der Waals surface area (Å²) in [4.78, 5) is 17.3. The summed E-state index contributed by atoms with van der Waals surface area (Å²) in [5.74, 6) is -0.647. The van der Waals surface area contributed by atoms with Gasteiger partial charge in [0, 0.05) is 18.3 Å². The average Bonchev–Trinajstić information content (AvgIpc) is 2.55. The van der Waals surface area contributed by atoms with Gasteiger partial charge in [0.05, 0.1) is 6.33 Å². The van der Waals surface area contributed by atoms with Gasteiger partial charge in [0.2, 0.25) is 0 Å². The van der Waals surface area contributed by atoms with Crippen LogP contribution in [-0.2, 0) is 15.5 Å². The number of rotatable bonds is 3. The van der Waals surface area contributed by atoms with Gasteiger partial charge in [-0.25, -0.2) is 9.78 Å². The molecule has 1 aromatic rings. The molecule has 0 aliphatic carbocycles. The largest absolute Gasteiger partial charge is 0.412 e. The number of aromatic amines is 1. The van der Waals surface area contributed by atoms with Gasteiger partial charge in [-0.3, -0.25) is 0 Å². The molecule has 1 rings (SSSR count). The van der Waals surface area contributed by atoms with E-state index in [-0.39, 0.29) is 11.0 Å². The van der Waals surface area contributed by atoms with Crippen LogP contribution in [0.2, 0.25) is 0 Å². The lowest BCUT2D eigenvalue weighted by molar-refractivity contribution is -0.135. The Morgan fingerprint density at radius 2 is 2.36 bits per heavy atom. The number of aromatic nitrogens is 2. The maximum Gasteiger partial charge on any atom is 0.341 e. The van der Waals surface area contributed by atoms with Gasteiger partial charge in [-0.05, 0) is 0 Å². The summed E-state index contributed by atoms with van der Waals surface area (Å²) in [6.07, 6.45) is 3.43. The maximum absolute atomic E-state index is 10.7. The minimum absolute atomic E-state index is 0. The van der Waals surface area contributed by atoms with E-state index < -0.39 is 12.0 Å². The Bertz CT molecular complexity index is 254. The fourth-order valence-electron chi connectivity index (χ4n) is 0.774. The first-order chi connectivity index (χ1) is 5.74. The minimum atomic E-state index is -0.747. The van der Waals surface area contributed by atoms with Gasteiger partial charge in [-0.15, -0.1) is 0 Å². The molecule has 0 radical (unpaired) electrons. The molecule has 0 fully saturated rings. The highest BCUT2D eigenvalue weighted by Crippen LogP contribution is 1.98. The van der Waals surface area contributed by atoms with Crippen LogP contribution in [0, 0.1) is 0 Å². The normalized spacial score (nSPS) is 10.7. The standard InChI is InChI=1S/C6H8ClN3O2.2H2O/c7-12-6(11)5(8)1-4-2-9-3-10-4;;/h2-3,5H,1,8H2,(H,9,10);2*1H2/t5-;;/m0../s1. The lowest BCUT2D eigenvalue weighted by Crippen LogP contribution is -2.32. The third kappa shape index (κ3) is 4.19. The summed E-state index contributed by atoms with van der Waals surface area (Å²) in [7, 11) is 0. The van der Waals surface area contributed by atoms with Crippen LogP contribution in [0.1, 0.15) is 5.69 Å². The Hall–Kier alpha value is -1.15. The Morgan fingerprint density at radius 3 is 2.79 bits per heavy atom. The number of nitrogens with two attached hydrogens (primary N) is 1. The molecule has 1 atom stereocenters. The van der Waals surface area contributed by atoms with E-state index in [2.05, 4.69) is 14.3 Å². The van der Waals surface area contributed by atoms with Crippen molar-refractivity contribution in [2.75, 3.05) is 0 Å². The third-order valence-corrected chi connectivity index (χ3v) is 1.53. The molecule has 0 bridgehead atoms. The molecule has 0 amide bonds. The van der Waals surface area contributed by atoms with Crippen LogP contribution in [0.15, 0.2) is 12.5 Å². The van der Waals surface area contributed by atoms with Crippen molar-refractivity contribution in [2.24, 2.45) is 5.73 Å². The van der Waals surface area contributed by atoms with Gasteiger partial charge >= 0.3 is 5.97 Å². The zero-order chi connectivity index (χ0) is 8.97. The summed E-state index contributed by atoms with van der Waals surface area (Å²) in [6.45, 7) is 0. The molecular formula is C6H12ClN3O4. The van der Waals surface area contributed by atoms with E-state index >= 15 is 0 Å². The summed E-state index contributed by atoms with van der Waals surface area (Å²) in [5, 5.41) is 0. The smallest absolute Gasteiger partial charge is 0.341 e. The van der Waals surface area contributed by atoms with Crippen molar-refractivity contribution in [3.8, 4) is 0 Å². The van der Waals surface area contributed by atoms with Crippen LogP contribution in [0.3, 0.4) is 0 Å². The van der Waals surface area contributed by atoms with Crippen molar-refractivity contribution in [1.29, 1.82) is 0 Å². The molecule has 7 nitrogen and oxygen atoms in total.